The second-order valence-corrected chi connectivity index (χ2v) is 20.9. The average Bonchev–Trinajstić information content (AvgIpc) is 4.32. The number of benzene rings is 11. The predicted molar refractivity (Wildman–Crippen MR) is 314 cm³/mol. The fraction of sp³-hybridized carbons (Fsp3) is 0. The molecule has 0 saturated heterocycles. The molecule has 15 rings (SSSR count). The zero-order valence-electron chi connectivity index (χ0n) is 39.5. The molecule has 4 aromatic heterocycles. The van der Waals surface area contributed by atoms with Crippen LogP contribution in [0.5, 0.6) is 0 Å². The highest BCUT2D eigenvalue weighted by molar-refractivity contribution is 7.27. The first kappa shape index (κ1) is 42.2. The Bertz CT molecular complexity index is 4890. The van der Waals surface area contributed by atoms with Crippen molar-refractivity contribution in [1.82, 2.24) is 9.13 Å². The first-order chi connectivity index (χ1) is 36.7. The molecule has 0 atom stereocenters. The SMILES string of the molecule is [C-]#[N+]c1c(-c2ccccc2)c(C#N)c(-n2c3ccccc3c3ccc(-c4ccccc4)cc32)c(-c2ccccc2)c1-n1c2c(ccc3c4ccccc4sc32)c2c(-c3ccccc3)cc3c4ccccc4sc3c21. The molecule has 0 amide bonds. The smallest absolute Gasteiger partial charge is 0.220 e. The molecule has 342 valence electrons. The van der Waals surface area contributed by atoms with E-state index in [1.54, 1.807) is 22.7 Å². The maximum absolute atomic E-state index is 12.1. The average molecular weight is 975 g/mol. The molecule has 0 aliphatic rings. The summed E-state index contributed by atoms with van der Waals surface area (Å²) in [6, 6.07) is 84.4. The topological polar surface area (TPSA) is 38.0 Å². The van der Waals surface area contributed by atoms with Gasteiger partial charge in [0.2, 0.25) is 5.69 Å². The van der Waals surface area contributed by atoms with Crippen LogP contribution in [-0.4, -0.2) is 9.13 Å². The van der Waals surface area contributed by atoms with Gasteiger partial charge >= 0.3 is 0 Å². The van der Waals surface area contributed by atoms with Crippen LogP contribution in [0.15, 0.2) is 231 Å². The minimum atomic E-state index is 0.414. The van der Waals surface area contributed by atoms with Crippen LogP contribution in [0.2, 0.25) is 0 Å². The van der Waals surface area contributed by atoms with Gasteiger partial charge in [0.05, 0.1) is 55.0 Å². The van der Waals surface area contributed by atoms with E-state index in [0.717, 1.165) is 114 Å². The molecule has 4 heterocycles. The fourth-order valence-corrected chi connectivity index (χ4v) is 14.3. The van der Waals surface area contributed by atoms with E-state index in [-0.39, 0.29) is 0 Å². The van der Waals surface area contributed by atoms with Crippen LogP contribution >= 0.6 is 22.7 Å². The molecule has 74 heavy (non-hydrogen) atoms. The number of fused-ring (bicyclic) bond motifs is 14. The van der Waals surface area contributed by atoms with Gasteiger partial charge in [0.25, 0.3) is 0 Å². The van der Waals surface area contributed by atoms with E-state index in [1.807, 2.05) is 42.5 Å². The van der Waals surface area contributed by atoms with E-state index in [4.69, 9.17) is 4.85 Å². The molecule has 0 aliphatic heterocycles. The van der Waals surface area contributed by atoms with Crippen molar-refractivity contribution in [3.8, 4) is 62.0 Å². The van der Waals surface area contributed by atoms with Crippen molar-refractivity contribution in [1.29, 1.82) is 5.26 Å². The Morgan fingerprint density at radius 3 is 1.55 bits per heavy atom. The Labute approximate surface area is 433 Å². The van der Waals surface area contributed by atoms with E-state index in [1.165, 1.54) is 20.2 Å². The molecule has 0 saturated carbocycles. The Hall–Kier alpha value is -9.56. The van der Waals surface area contributed by atoms with Gasteiger partial charge in [-0.1, -0.05) is 200 Å². The molecular weight excluding hydrogens is 937 g/mol. The van der Waals surface area contributed by atoms with Crippen molar-refractivity contribution >= 4 is 112 Å². The lowest BCUT2D eigenvalue weighted by Crippen LogP contribution is -2.09. The third kappa shape index (κ3) is 6.05. The van der Waals surface area contributed by atoms with Crippen molar-refractivity contribution in [2.75, 3.05) is 0 Å². The summed E-state index contributed by atoms with van der Waals surface area (Å²) >= 11 is 3.61. The summed E-state index contributed by atoms with van der Waals surface area (Å²) in [7, 11) is 0. The number of hydrogen-bond acceptors (Lipinski definition) is 3. The molecule has 0 fully saturated rings. The highest BCUT2D eigenvalue weighted by Gasteiger charge is 2.34. The Morgan fingerprint density at radius 2 is 0.905 bits per heavy atom. The standard InChI is InChI=1S/C68H38N4S2/c1-70-62-59(43-24-10-4-11-25-43)54(40-69)63(71-55-31-17-14-28-46(55)47-35-34-45(38-56(47)71)41-20-6-2-7-21-41)60(44-26-12-5-13-27-44)65(62)72-64-51(37-36-50-48-29-15-18-32-57(48)73-67(50)64)61-52(42-22-8-3-9-23-42)39-53-49-30-16-19-33-58(49)74-68(53)66(61)72/h2-39H. The molecule has 0 aliphatic carbocycles. The van der Waals surface area contributed by atoms with Crippen LogP contribution in [-0.2, 0) is 0 Å². The fourth-order valence-electron chi connectivity index (χ4n) is 11.9. The molecule has 4 nitrogen and oxygen atoms in total. The van der Waals surface area contributed by atoms with Gasteiger partial charge in [-0.05, 0) is 63.7 Å². The maximum Gasteiger partial charge on any atom is 0.220 e. The highest BCUT2D eigenvalue weighted by Crippen LogP contribution is 2.56. The Kier molecular flexibility index (Phi) is 9.40. The first-order valence-corrected chi connectivity index (χ1v) is 26.3. The van der Waals surface area contributed by atoms with Gasteiger partial charge in [0.15, 0.2) is 0 Å². The molecule has 0 N–H and O–H groups in total. The van der Waals surface area contributed by atoms with Crippen LogP contribution in [0.25, 0.3) is 145 Å². The molecule has 15 aromatic rings. The zero-order chi connectivity index (χ0) is 49.0. The highest BCUT2D eigenvalue weighted by atomic mass is 32.1. The molecule has 0 unspecified atom stereocenters. The van der Waals surface area contributed by atoms with Crippen molar-refractivity contribution in [2.24, 2.45) is 0 Å². The molecule has 0 bridgehead atoms. The summed E-state index contributed by atoms with van der Waals surface area (Å²) in [4.78, 5) is 4.71. The zero-order valence-corrected chi connectivity index (χ0v) is 41.2. The summed E-state index contributed by atoms with van der Waals surface area (Å²) in [6.07, 6.45) is 0. The molecule has 0 radical (unpaired) electrons. The van der Waals surface area contributed by atoms with E-state index in [0.29, 0.717) is 16.8 Å². The van der Waals surface area contributed by atoms with Crippen molar-refractivity contribution in [3.05, 3.63) is 248 Å². The molecule has 0 spiro atoms. The third-order valence-electron chi connectivity index (χ3n) is 15.0. The number of aromatic nitrogens is 2. The Morgan fingerprint density at radius 1 is 0.392 bits per heavy atom. The van der Waals surface area contributed by atoms with Crippen molar-refractivity contribution in [2.45, 2.75) is 0 Å². The minimum absolute atomic E-state index is 0.414. The Balaban J connectivity index is 1.26. The molecular formula is C68H38N4S2. The van der Waals surface area contributed by atoms with Crippen LogP contribution in [0.1, 0.15) is 5.56 Å². The lowest BCUT2D eigenvalue weighted by molar-refractivity contribution is 1.14. The predicted octanol–water partition coefficient (Wildman–Crippen LogP) is 19.7. The van der Waals surface area contributed by atoms with Crippen molar-refractivity contribution < 1.29 is 0 Å². The summed E-state index contributed by atoms with van der Waals surface area (Å²) in [5.41, 5.74) is 13.8. The van der Waals surface area contributed by atoms with E-state index in [2.05, 4.69) is 203 Å². The van der Waals surface area contributed by atoms with E-state index in [9.17, 15) is 11.8 Å². The minimum Gasteiger partial charge on any atom is -0.316 e. The summed E-state index contributed by atoms with van der Waals surface area (Å²) in [6.45, 7) is 9.63. The molecule has 6 heteroatoms. The number of thiophene rings is 2. The van der Waals surface area contributed by atoms with Gasteiger partial charge in [-0.15, -0.1) is 22.7 Å². The summed E-state index contributed by atoms with van der Waals surface area (Å²) < 4.78 is 9.46. The van der Waals surface area contributed by atoms with E-state index >= 15 is 0 Å². The van der Waals surface area contributed by atoms with Gasteiger partial charge in [0, 0.05) is 63.6 Å². The van der Waals surface area contributed by atoms with Gasteiger partial charge in [-0.3, -0.25) is 0 Å². The number of hydrogen-bond donors (Lipinski definition) is 0. The van der Waals surface area contributed by atoms with Crippen LogP contribution in [0.4, 0.5) is 5.69 Å². The summed E-state index contributed by atoms with van der Waals surface area (Å²) in [5, 5.41) is 21.2. The number of nitrogens with zero attached hydrogens (tertiary/aromatic N) is 4. The van der Waals surface area contributed by atoms with Gasteiger partial charge in [0.1, 0.15) is 6.07 Å². The monoisotopic (exact) mass is 974 g/mol. The number of nitriles is 1. The van der Waals surface area contributed by atoms with Crippen molar-refractivity contribution in [3.63, 3.8) is 0 Å². The van der Waals surface area contributed by atoms with Crippen LogP contribution in [0, 0.1) is 17.9 Å². The lowest BCUT2D eigenvalue weighted by atomic mass is 9.88. The maximum atomic E-state index is 12.1. The lowest BCUT2D eigenvalue weighted by Gasteiger charge is -2.26. The first-order valence-electron chi connectivity index (χ1n) is 24.7. The second kappa shape index (κ2) is 16.5. The van der Waals surface area contributed by atoms with Crippen LogP contribution in [0.3, 0.4) is 0 Å². The quantitative estimate of drug-likeness (QED) is 0.153. The third-order valence-corrected chi connectivity index (χ3v) is 17.4. The largest absolute Gasteiger partial charge is 0.316 e. The normalized spacial score (nSPS) is 11.8. The van der Waals surface area contributed by atoms with Gasteiger partial charge < -0.3 is 9.13 Å². The number of rotatable bonds is 6. The van der Waals surface area contributed by atoms with Gasteiger partial charge in [-0.25, -0.2) is 4.85 Å². The molecule has 11 aromatic carbocycles. The van der Waals surface area contributed by atoms with Gasteiger partial charge in [-0.2, -0.15) is 5.26 Å². The van der Waals surface area contributed by atoms with E-state index < -0.39 is 0 Å². The second-order valence-electron chi connectivity index (χ2n) is 18.8. The number of para-hydroxylation sites is 1. The van der Waals surface area contributed by atoms with Crippen LogP contribution < -0.4 is 0 Å². The summed E-state index contributed by atoms with van der Waals surface area (Å²) in [5.74, 6) is 0.